The van der Waals surface area contributed by atoms with E-state index < -0.39 is 0 Å². The van der Waals surface area contributed by atoms with Crippen molar-refractivity contribution in [1.29, 1.82) is 0 Å². The molecule has 5 nitrogen and oxygen atoms in total. The first-order valence-corrected chi connectivity index (χ1v) is 8.73. The number of aryl methyl sites for hydroxylation is 2. The van der Waals surface area contributed by atoms with Gasteiger partial charge in [-0.05, 0) is 44.0 Å². The van der Waals surface area contributed by atoms with E-state index in [2.05, 4.69) is 44.5 Å². The summed E-state index contributed by atoms with van der Waals surface area (Å²) in [6.45, 7) is 4.79. The number of ether oxygens (including phenoxy) is 1. The predicted molar refractivity (Wildman–Crippen MR) is 103 cm³/mol. The van der Waals surface area contributed by atoms with E-state index in [1.807, 2.05) is 38.2 Å². The van der Waals surface area contributed by atoms with Gasteiger partial charge in [0.05, 0.1) is 25.0 Å². The van der Waals surface area contributed by atoms with Crippen LogP contribution in [0.3, 0.4) is 0 Å². The second-order valence-electron chi connectivity index (χ2n) is 6.53. The molecule has 0 saturated heterocycles. The Kier molecular flexibility index (Phi) is 4.21. The van der Waals surface area contributed by atoms with Gasteiger partial charge >= 0.3 is 0 Å². The molecule has 1 N–H and O–H groups in total. The van der Waals surface area contributed by atoms with Crippen molar-refractivity contribution < 1.29 is 4.74 Å². The zero-order chi connectivity index (χ0) is 18.1. The Morgan fingerprint density at radius 1 is 1.23 bits per heavy atom. The number of nitrogens with one attached hydrogen (secondary N) is 1. The number of anilines is 1. The predicted octanol–water partition coefficient (Wildman–Crippen LogP) is 4.17. The summed E-state index contributed by atoms with van der Waals surface area (Å²) in [7, 11) is 1.72. The normalized spacial score (nSPS) is 13.0. The minimum absolute atomic E-state index is 0.733. The summed E-state index contributed by atoms with van der Waals surface area (Å²) in [5, 5.41) is 7.41. The molecule has 0 saturated carbocycles. The Balaban J connectivity index is 1.78. The van der Waals surface area contributed by atoms with Gasteiger partial charge in [0.15, 0.2) is 0 Å². The van der Waals surface area contributed by atoms with E-state index >= 15 is 0 Å². The highest BCUT2D eigenvalue weighted by Crippen LogP contribution is 2.40. The number of benzene rings is 1. The molecule has 3 aromatic rings. The van der Waals surface area contributed by atoms with Crippen molar-refractivity contribution in [3.05, 3.63) is 71.4 Å². The molecular formula is C21H22N4O. The fourth-order valence-electron chi connectivity index (χ4n) is 3.55. The first-order valence-electron chi connectivity index (χ1n) is 8.73. The summed E-state index contributed by atoms with van der Waals surface area (Å²) in [6, 6.07) is 10.4. The number of allylic oxidation sites excluding steroid dienone is 1. The van der Waals surface area contributed by atoms with E-state index in [4.69, 9.17) is 4.74 Å². The van der Waals surface area contributed by atoms with Crippen LogP contribution in [0.25, 0.3) is 11.1 Å². The lowest BCUT2D eigenvalue weighted by molar-refractivity contribution is 0.416. The van der Waals surface area contributed by atoms with Gasteiger partial charge in [-0.15, -0.1) is 0 Å². The summed E-state index contributed by atoms with van der Waals surface area (Å²) < 4.78 is 5.74. The van der Waals surface area contributed by atoms with Gasteiger partial charge in [0.1, 0.15) is 5.75 Å². The second-order valence-corrected chi connectivity index (χ2v) is 6.53. The Bertz CT molecular complexity index is 940. The van der Waals surface area contributed by atoms with Gasteiger partial charge in [0.2, 0.25) is 0 Å². The smallest absolute Gasteiger partial charge is 0.128 e. The molecule has 5 heteroatoms. The lowest BCUT2D eigenvalue weighted by Gasteiger charge is -2.28. The Labute approximate surface area is 153 Å². The maximum Gasteiger partial charge on any atom is 0.128 e. The highest BCUT2D eigenvalue weighted by Gasteiger charge is 2.21. The molecule has 0 bridgehead atoms. The molecule has 132 valence electrons. The van der Waals surface area contributed by atoms with Crippen LogP contribution in [0.5, 0.6) is 5.75 Å². The van der Waals surface area contributed by atoms with Crippen molar-refractivity contribution in [2.75, 3.05) is 12.0 Å². The van der Waals surface area contributed by atoms with E-state index in [0.29, 0.717) is 0 Å². The molecule has 4 rings (SSSR count). The molecule has 0 spiro atoms. The number of hydrogen-bond donors (Lipinski definition) is 1. The zero-order valence-electron chi connectivity index (χ0n) is 15.3. The average Bonchev–Trinajstić information content (AvgIpc) is 3.00. The number of pyridine rings is 1. The molecule has 1 aliphatic rings. The van der Waals surface area contributed by atoms with Crippen molar-refractivity contribution in [3.8, 4) is 16.9 Å². The third-order valence-electron chi connectivity index (χ3n) is 4.79. The quantitative estimate of drug-likeness (QED) is 0.770. The zero-order valence-corrected chi connectivity index (χ0v) is 15.3. The van der Waals surface area contributed by atoms with Crippen LogP contribution >= 0.6 is 0 Å². The highest BCUT2D eigenvalue weighted by molar-refractivity contribution is 5.79. The molecule has 1 aliphatic heterocycles. The fourth-order valence-corrected chi connectivity index (χ4v) is 3.55. The van der Waals surface area contributed by atoms with Gasteiger partial charge in [-0.2, -0.15) is 5.10 Å². The van der Waals surface area contributed by atoms with E-state index in [1.54, 1.807) is 7.11 Å². The van der Waals surface area contributed by atoms with Gasteiger partial charge < -0.3 is 9.64 Å². The Hall–Kier alpha value is -3.08. The molecular weight excluding hydrogens is 324 g/mol. The van der Waals surface area contributed by atoms with Crippen molar-refractivity contribution >= 4 is 5.69 Å². The molecule has 0 atom stereocenters. The number of nitrogens with zero attached hydrogens (tertiary/aromatic N) is 3. The summed E-state index contributed by atoms with van der Waals surface area (Å²) in [4.78, 5) is 6.68. The third-order valence-corrected chi connectivity index (χ3v) is 4.79. The van der Waals surface area contributed by atoms with Crippen LogP contribution in [0.4, 0.5) is 5.69 Å². The average molecular weight is 346 g/mol. The second kappa shape index (κ2) is 6.67. The van der Waals surface area contributed by atoms with Gasteiger partial charge in [-0.3, -0.25) is 10.1 Å². The molecule has 0 radical (unpaired) electrons. The lowest BCUT2D eigenvalue weighted by atomic mass is 9.96. The largest absolute Gasteiger partial charge is 0.496 e. The van der Waals surface area contributed by atoms with E-state index in [0.717, 1.165) is 52.6 Å². The number of aromatic amines is 1. The molecule has 0 unspecified atom stereocenters. The van der Waals surface area contributed by atoms with Gasteiger partial charge in [0.25, 0.3) is 0 Å². The van der Waals surface area contributed by atoms with Crippen molar-refractivity contribution in [2.45, 2.75) is 26.8 Å². The molecule has 0 fully saturated rings. The fraction of sp³-hybridized carbons (Fsp3) is 0.238. The van der Waals surface area contributed by atoms with Crippen molar-refractivity contribution in [2.24, 2.45) is 0 Å². The van der Waals surface area contributed by atoms with Gasteiger partial charge in [0, 0.05) is 41.0 Å². The standard InChI is InChI=1S/C21H22N4O/c1-14-21(15(2)24-23-14)18-11-16-7-6-10-25(19(16)12-20(18)26-3)13-17-8-4-5-9-22-17/h4-6,8-12H,7,13H2,1-3H3,(H,23,24). The van der Waals surface area contributed by atoms with E-state index in [1.165, 1.54) is 5.56 Å². The Morgan fingerprint density at radius 2 is 2.12 bits per heavy atom. The Morgan fingerprint density at radius 3 is 2.81 bits per heavy atom. The van der Waals surface area contributed by atoms with Gasteiger partial charge in [-0.1, -0.05) is 12.1 Å². The number of H-pyrrole nitrogens is 1. The summed E-state index contributed by atoms with van der Waals surface area (Å²) in [6.07, 6.45) is 7.06. The molecule has 3 heterocycles. The number of rotatable bonds is 4. The number of methoxy groups -OCH3 is 1. The van der Waals surface area contributed by atoms with Crippen LogP contribution in [0.2, 0.25) is 0 Å². The highest BCUT2D eigenvalue weighted by atomic mass is 16.5. The van der Waals surface area contributed by atoms with Crippen LogP contribution < -0.4 is 9.64 Å². The minimum atomic E-state index is 0.733. The number of fused-ring (bicyclic) bond motifs is 1. The first-order chi connectivity index (χ1) is 12.7. The van der Waals surface area contributed by atoms with Crippen molar-refractivity contribution in [1.82, 2.24) is 15.2 Å². The van der Waals surface area contributed by atoms with E-state index in [-0.39, 0.29) is 0 Å². The molecule has 2 aromatic heterocycles. The van der Waals surface area contributed by atoms with Crippen LogP contribution in [-0.2, 0) is 13.0 Å². The summed E-state index contributed by atoms with van der Waals surface area (Å²) in [5.41, 5.74) is 7.72. The van der Waals surface area contributed by atoms with E-state index in [9.17, 15) is 0 Å². The molecule has 26 heavy (non-hydrogen) atoms. The molecule has 0 amide bonds. The number of hydrogen-bond acceptors (Lipinski definition) is 4. The van der Waals surface area contributed by atoms with Crippen LogP contribution in [-0.4, -0.2) is 22.3 Å². The van der Waals surface area contributed by atoms with Crippen LogP contribution in [0, 0.1) is 13.8 Å². The van der Waals surface area contributed by atoms with Crippen LogP contribution in [0.1, 0.15) is 22.6 Å². The first kappa shape index (κ1) is 16.4. The molecule has 1 aromatic carbocycles. The number of aromatic nitrogens is 3. The van der Waals surface area contributed by atoms with Gasteiger partial charge in [-0.25, -0.2) is 0 Å². The lowest BCUT2D eigenvalue weighted by Crippen LogP contribution is -2.20. The maximum atomic E-state index is 5.74. The van der Waals surface area contributed by atoms with Crippen molar-refractivity contribution in [3.63, 3.8) is 0 Å². The summed E-state index contributed by atoms with van der Waals surface area (Å²) in [5.74, 6) is 0.859. The summed E-state index contributed by atoms with van der Waals surface area (Å²) >= 11 is 0. The third kappa shape index (κ3) is 2.86. The molecule has 0 aliphatic carbocycles. The topological polar surface area (TPSA) is 54.0 Å². The minimum Gasteiger partial charge on any atom is -0.496 e. The van der Waals surface area contributed by atoms with Crippen LogP contribution in [0.15, 0.2) is 48.8 Å². The SMILES string of the molecule is COc1cc2c(cc1-c1c(C)n[nH]c1C)CC=CN2Cc1ccccn1. The monoisotopic (exact) mass is 346 g/mol. The maximum absolute atomic E-state index is 5.74.